The minimum absolute atomic E-state index is 0.0836. The molecule has 0 bridgehead atoms. The Bertz CT molecular complexity index is 887. The van der Waals surface area contributed by atoms with Gasteiger partial charge in [0.2, 0.25) is 5.43 Å². The first-order valence-corrected chi connectivity index (χ1v) is 7.72. The van der Waals surface area contributed by atoms with Crippen molar-refractivity contribution >= 4 is 23.4 Å². The highest BCUT2D eigenvalue weighted by molar-refractivity contribution is 7.99. The van der Waals surface area contributed by atoms with E-state index in [4.69, 9.17) is 18.0 Å². The molecule has 1 heterocycles. The summed E-state index contributed by atoms with van der Waals surface area (Å²) >= 11 is 7.03. The number of nitrogens with zero attached hydrogens (tertiary/aromatic N) is 2. The molecule has 0 aliphatic heterocycles. The summed E-state index contributed by atoms with van der Waals surface area (Å²) in [5.74, 6) is 1.75. The fraction of sp³-hybridized carbons (Fsp3) is 0.200. The summed E-state index contributed by atoms with van der Waals surface area (Å²) in [5.41, 5.74) is -2.96. The predicted molar refractivity (Wildman–Crippen MR) is 84.4 cm³/mol. The summed E-state index contributed by atoms with van der Waals surface area (Å²) in [7, 11) is 1.02. The van der Waals surface area contributed by atoms with Crippen LogP contribution in [0.2, 0.25) is 5.02 Å². The lowest BCUT2D eigenvalue weighted by Crippen LogP contribution is -2.22. The highest BCUT2D eigenvalue weighted by Crippen LogP contribution is 2.33. The number of terminal acetylenes is 1. The van der Waals surface area contributed by atoms with Crippen LogP contribution < -0.4 is 5.43 Å². The molecule has 0 saturated heterocycles. The molecule has 24 heavy (non-hydrogen) atoms. The Kier molecular flexibility index (Phi) is 5.26. The molecule has 1 aromatic carbocycles. The lowest BCUT2D eigenvalue weighted by Gasteiger charge is -2.13. The van der Waals surface area contributed by atoms with Crippen molar-refractivity contribution in [2.75, 3.05) is 5.75 Å². The largest absolute Gasteiger partial charge is 0.433 e. The SMILES string of the molecule is C#CCSc1cc(-c2nn(C)c(C(F)(F)F)cc2=O)c(F)cc1Cl. The van der Waals surface area contributed by atoms with Gasteiger partial charge in [-0.3, -0.25) is 9.48 Å². The van der Waals surface area contributed by atoms with Crippen molar-refractivity contribution < 1.29 is 17.6 Å². The van der Waals surface area contributed by atoms with E-state index >= 15 is 0 Å². The van der Waals surface area contributed by atoms with E-state index in [-0.39, 0.29) is 16.3 Å². The quantitative estimate of drug-likeness (QED) is 0.461. The summed E-state index contributed by atoms with van der Waals surface area (Å²) in [4.78, 5) is 12.4. The zero-order valence-corrected chi connectivity index (χ0v) is 13.7. The van der Waals surface area contributed by atoms with Crippen molar-refractivity contribution in [1.82, 2.24) is 9.78 Å². The number of aromatic nitrogens is 2. The van der Waals surface area contributed by atoms with Crippen LogP contribution in [0.15, 0.2) is 27.9 Å². The smallest absolute Gasteiger partial charge is 0.287 e. The number of thioether (sulfide) groups is 1. The number of rotatable bonds is 3. The average Bonchev–Trinajstić information content (AvgIpc) is 2.47. The molecule has 0 aliphatic carbocycles. The molecule has 0 unspecified atom stereocenters. The van der Waals surface area contributed by atoms with E-state index in [0.717, 1.165) is 24.9 Å². The summed E-state index contributed by atoms with van der Waals surface area (Å²) in [6.45, 7) is 0. The maximum Gasteiger partial charge on any atom is 0.433 e. The third-order valence-electron chi connectivity index (χ3n) is 2.98. The van der Waals surface area contributed by atoms with Crippen molar-refractivity contribution in [3.05, 3.63) is 45.0 Å². The maximum atomic E-state index is 14.1. The van der Waals surface area contributed by atoms with Gasteiger partial charge in [0.05, 0.1) is 10.8 Å². The van der Waals surface area contributed by atoms with Gasteiger partial charge in [0, 0.05) is 23.6 Å². The average molecular weight is 377 g/mol. The number of alkyl halides is 3. The highest BCUT2D eigenvalue weighted by atomic mass is 35.5. The number of hydrogen-bond donors (Lipinski definition) is 0. The lowest BCUT2D eigenvalue weighted by atomic mass is 10.1. The van der Waals surface area contributed by atoms with E-state index in [0.29, 0.717) is 15.6 Å². The Balaban J connectivity index is 2.63. The van der Waals surface area contributed by atoms with Gasteiger partial charge < -0.3 is 0 Å². The van der Waals surface area contributed by atoms with Gasteiger partial charge in [-0.15, -0.1) is 18.2 Å². The lowest BCUT2D eigenvalue weighted by molar-refractivity contribution is -0.144. The van der Waals surface area contributed by atoms with Crippen LogP contribution in [0.4, 0.5) is 17.6 Å². The van der Waals surface area contributed by atoms with Crippen molar-refractivity contribution in [2.45, 2.75) is 11.1 Å². The van der Waals surface area contributed by atoms with Gasteiger partial charge in [0.1, 0.15) is 17.2 Å². The third-order valence-corrected chi connectivity index (χ3v) is 4.36. The zero-order chi connectivity index (χ0) is 18.1. The van der Waals surface area contributed by atoms with Gasteiger partial charge in [-0.05, 0) is 12.1 Å². The van der Waals surface area contributed by atoms with Crippen LogP contribution in [0.1, 0.15) is 5.69 Å². The predicted octanol–water partition coefficient (Wildman–Crippen LogP) is 3.98. The molecular formula is C15H9ClF4N2OS. The van der Waals surface area contributed by atoms with Crippen molar-refractivity contribution in [3.8, 4) is 23.6 Å². The van der Waals surface area contributed by atoms with Crippen molar-refractivity contribution in [3.63, 3.8) is 0 Å². The Morgan fingerprint density at radius 3 is 2.62 bits per heavy atom. The molecule has 0 saturated carbocycles. The first kappa shape index (κ1) is 18.4. The maximum absolute atomic E-state index is 14.1. The number of aryl methyl sites for hydroxylation is 1. The molecule has 0 aliphatic rings. The summed E-state index contributed by atoms with van der Waals surface area (Å²) < 4.78 is 53.0. The molecule has 9 heteroatoms. The van der Waals surface area contributed by atoms with E-state index in [9.17, 15) is 22.4 Å². The van der Waals surface area contributed by atoms with Gasteiger partial charge >= 0.3 is 6.18 Å². The van der Waals surface area contributed by atoms with Crippen LogP contribution in [0.3, 0.4) is 0 Å². The van der Waals surface area contributed by atoms with Crippen molar-refractivity contribution in [2.24, 2.45) is 7.05 Å². The van der Waals surface area contributed by atoms with Gasteiger partial charge in [-0.1, -0.05) is 17.5 Å². The topological polar surface area (TPSA) is 34.9 Å². The molecule has 0 fully saturated rings. The molecule has 0 atom stereocenters. The van der Waals surface area contributed by atoms with Gasteiger partial charge in [-0.2, -0.15) is 18.3 Å². The van der Waals surface area contributed by atoms with Crippen LogP contribution >= 0.6 is 23.4 Å². The zero-order valence-electron chi connectivity index (χ0n) is 12.1. The molecule has 0 amide bonds. The third kappa shape index (κ3) is 3.74. The summed E-state index contributed by atoms with van der Waals surface area (Å²) in [5, 5.41) is 3.66. The standard InChI is InChI=1S/C15H9ClF4N2OS/c1-3-4-24-12-5-8(10(17)6-9(12)16)14-11(23)7-13(15(18,19)20)22(2)21-14/h1,5-7H,4H2,2H3. The second kappa shape index (κ2) is 6.87. The molecule has 0 spiro atoms. The molecule has 3 nitrogen and oxygen atoms in total. The second-order valence-electron chi connectivity index (χ2n) is 4.62. The number of halogens is 5. The number of hydrogen-bond acceptors (Lipinski definition) is 3. The number of benzene rings is 1. The highest BCUT2D eigenvalue weighted by Gasteiger charge is 2.34. The van der Waals surface area contributed by atoms with E-state index in [1.807, 2.05) is 0 Å². The van der Waals surface area contributed by atoms with Gasteiger partial charge in [0.15, 0.2) is 0 Å². The molecule has 2 aromatic rings. The van der Waals surface area contributed by atoms with Crippen LogP contribution in [0.5, 0.6) is 0 Å². The van der Waals surface area contributed by atoms with E-state index in [1.165, 1.54) is 6.07 Å². The van der Waals surface area contributed by atoms with Crippen LogP contribution in [-0.2, 0) is 13.2 Å². The van der Waals surface area contributed by atoms with Crippen LogP contribution in [0.25, 0.3) is 11.3 Å². The van der Waals surface area contributed by atoms with E-state index in [1.54, 1.807) is 0 Å². The van der Waals surface area contributed by atoms with Crippen LogP contribution in [-0.4, -0.2) is 15.5 Å². The molecule has 0 radical (unpaired) electrons. The fourth-order valence-corrected chi connectivity index (χ4v) is 2.88. The van der Waals surface area contributed by atoms with Gasteiger partial charge in [-0.25, -0.2) is 4.39 Å². The summed E-state index contributed by atoms with van der Waals surface area (Å²) in [6, 6.07) is 2.59. The fourth-order valence-electron chi connectivity index (χ4n) is 1.93. The van der Waals surface area contributed by atoms with Crippen LogP contribution in [0, 0.1) is 18.2 Å². The summed E-state index contributed by atoms with van der Waals surface area (Å²) in [6.07, 6.45) is 0.402. The molecule has 1 aromatic heterocycles. The molecular weight excluding hydrogens is 368 g/mol. The van der Waals surface area contributed by atoms with Crippen molar-refractivity contribution in [1.29, 1.82) is 0 Å². The second-order valence-corrected chi connectivity index (χ2v) is 6.04. The Morgan fingerprint density at radius 1 is 1.38 bits per heavy atom. The minimum Gasteiger partial charge on any atom is -0.287 e. The molecule has 126 valence electrons. The molecule has 0 N–H and O–H groups in total. The van der Waals surface area contributed by atoms with E-state index in [2.05, 4.69) is 11.0 Å². The minimum atomic E-state index is -4.74. The first-order valence-electron chi connectivity index (χ1n) is 6.36. The monoisotopic (exact) mass is 376 g/mol. The first-order chi connectivity index (χ1) is 11.1. The van der Waals surface area contributed by atoms with Gasteiger partial charge in [0.25, 0.3) is 0 Å². The Morgan fingerprint density at radius 2 is 2.04 bits per heavy atom. The molecule has 2 rings (SSSR count). The van der Waals surface area contributed by atoms with E-state index < -0.39 is 28.8 Å². The Labute approximate surface area is 143 Å². The Hall–Kier alpha value is -1.98. The normalized spacial score (nSPS) is 11.4.